The minimum Gasteiger partial charge on any atom is -0.379 e. The summed E-state index contributed by atoms with van der Waals surface area (Å²) in [4.78, 5) is 0.397. The summed E-state index contributed by atoms with van der Waals surface area (Å²) in [7, 11) is -3.26. The Labute approximate surface area is 103 Å². The molecule has 0 heterocycles. The van der Waals surface area contributed by atoms with Crippen LogP contribution in [0.5, 0.6) is 0 Å². The molecule has 0 saturated heterocycles. The smallest absolute Gasteiger partial charge is 0.180 e. The normalized spacial score (nSPS) is 11.7. The second kappa shape index (κ2) is 6.14. The monoisotopic (exact) mass is 257 g/mol. The van der Waals surface area contributed by atoms with Gasteiger partial charge in [-0.15, -0.1) is 0 Å². The molecule has 1 rings (SSSR count). The zero-order chi connectivity index (χ0) is 12.9. The Morgan fingerprint density at radius 2 is 1.94 bits per heavy atom. The number of aryl methyl sites for hydroxylation is 2. The Morgan fingerprint density at radius 1 is 1.24 bits per heavy atom. The lowest BCUT2D eigenvalue weighted by molar-refractivity contribution is 0.157. The van der Waals surface area contributed by atoms with E-state index in [0.717, 1.165) is 11.1 Å². The van der Waals surface area contributed by atoms with E-state index in [1.54, 1.807) is 13.0 Å². The first-order valence-corrected chi connectivity index (χ1v) is 7.20. The van der Waals surface area contributed by atoms with E-state index in [2.05, 4.69) is 0 Å². The van der Waals surface area contributed by atoms with Crippen LogP contribution in [0.15, 0.2) is 23.1 Å². The average Bonchev–Trinajstić information content (AvgIpc) is 2.28. The summed E-state index contributed by atoms with van der Waals surface area (Å²) in [5.41, 5.74) is 6.97. The summed E-state index contributed by atoms with van der Waals surface area (Å²) in [6, 6.07) is 5.43. The molecule has 4 nitrogen and oxygen atoms in total. The lowest BCUT2D eigenvalue weighted by atomic mass is 10.2. The molecule has 0 spiro atoms. The van der Waals surface area contributed by atoms with Crippen LogP contribution in [0.4, 0.5) is 0 Å². The van der Waals surface area contributed by atoms with E-state index < -0.39 is 9.84 Å². The van der Waals surface area contributed by atoms with Crippen molar-refractivity contribution in [2.45, 2.75) is 18.7 Å². The molecule has 0 unspecified atom stereocenters. The van der Waals surface area contributed by atoms with E-state index in [-0.39, 0.29) is 12.4 Å². The quantitative estimate of drug-likeness (QED) is 0.773. The van der Waals surface area contributed by atoms with Crippen molar-refractivity contribution in [1.29, 1.82) is 0 Å². The fraction of sp³-hybridized carbons (Fsp3) is 0.500. The molecule has 96 valence electrons. The fourth-order valence-electron chi connectivity index (χ4n) is 1.51. The van der Waals surface area contributed by atoms with Crippen molar-refractivity contribution in [2.24, 2.45) is 5.73 Å². The van der Waals surface area contributed by atoms with Gasteiger partial charge in [-0.1, -0.05) is 12.1 Å². The third-order valence-electron chi connectivity index (χ3n) is 2.44. The first-order chi connectivity index (χ1) is 7.97. The van der Waals surface area contributed by atoms with E-state index >= 15 is 0 Å². The van der Waals surface area contributed by atoms with E-state index in [1.807, 2.05) is 19.1 Å². The Kier molecular flexibility index (Phi) is 5.11. The molecular formula is C12H19NO3S. The van der Waals surface area contributed by atoms with Gasteiger partial charge in [-0.05, 0) is 31.0 Å². The zero-order valence-corrected chi connectivity index (χ0v) is 11.1. The molecule has 17 heavy (non-hydrogen) atoms. The molecule has 0 aromatic heterocycles. The van der Waals surface area contributed by atoms with Crippen LogP contribution in [0.3, 0.4) is 0 Å². The minimum absolute atomic E-state index is 0.00269. The van der Waals surface area contributed by atoms with Crippen LogP contribution < -0.4 is 5.73 Å². The van der Waals surface area contributed by atoms with Crippen LogP contribution >= 0.6 is 0 Å². The summed E-state index contributed by atoms with van der Waals surface area (Å²) >= 11 is 0. The molecular weight excluding hydrogens is 238 g/mol. The molecule has 0 bridgehead atoms. The second-order valence-corrected chi connectivity index (χ2v) is 6.07. The Bertz CT molecular complexity index is 469. The molecule has 0 aliphatic heterocycles. The maximum Gasteiger partial charge on any atom is 0.180 e. The van der Waals surface area contributed by atoms with Gasteiger partial charge in [0, 0.05) is 6.54 Å². The van der Waals surface area contributed by atoms with Gasteiger partial charge in [-0.3, -0.25) is 0 Å². The molecule has 0 amide bonds. The molecule has 5 heteroatoms. The van der Waals surface area contributed by atoms with Crippen molar-refractivity contribution in [1.82, 2.24) is 0 Å². The van der Waals surface area contributed by atoms with Crippen molar-refractivity contribution in [3.63, 3.8) is 0 Å². The maximum absolute atomic E-state index is 12.1. The van der Waals surface area contributed by atoms with Crippen molar-refractivity contribution in [2.75, 3.05) is 25.5 Å². The Balaban J connectivity index is 2.79. The first-order valence-electron chi connectivity index (χ1n) is 5.55. The first kappa shape index (κ1) is 14.2. The highest BCUT2D eigenvalue weighted by Gasteiger charge is 2.16. The standard InChI is InChI=1S/C12H19NO3S/c1-10-3-4-11(2)12(9-10)17(14,15)8-7-16-6-5-13/h3-4,9H,5-8,13H2,1-2H3. The Morgan fingerprint density at radius 3 is 2.59 bits per heavy atom. The largest absolute Gasteiger partial charge is 0.379 e. The van der Waals surface area contributed by atoms with Crippen molar-refractivity contribution >= 4 is 9.84 Å². The third kappa shape index (κ3) is 4.11. The summed E-state index contributed by atoms with van der Waals surface area (Å²) in [5.74, 6) is -0.00269. The number of sulfone groups is 1. The number of hydrogen-bond donors (Lipinski definition) is 1. The van der Waals surface area contributed by atoms with Crippen LogP contribution in [-0.4, -0.2) is 33.9 Å². The molecule has 0 aliphatic rings. The highest BCUT2D eigenvalue weighted by Crippen LogP contribution is 2.18. The van der Waals surface area contributed by atoms with Gasteiger partial charge in [-0.2, -0.15) is 0 Å². The number of hydrogen-bond acceptors (Lipinski definition) is 4. The summed E-state index contributed by atoms with van der Waals surface area (Å²) in [6.07, 6.45) is 0. The predicted molar refractivity (Wildman–Crippen MR) is 67.8 cm³/mol. The second-order valence-electron chi connectivity index (χ2n) is 3.99. The van der Waals surface area contributed by atoms with Crippen LogP contribution in [-0.2, 0) is 14.6 Å². The predicted octanol–water partition coefficient (Wildman–Crippen LogP) is 1.05. The minimum atomic E-state index is -3.26. The highest BCUT2D eigenvalue weighted by atomic mass is 32.2. The summed E-state index contributed by atoms with van der Waals surface area (Å²) in [6.45, 7) is 4.66. The van der Waals surface area contributed by atoms with Crippen molar-refractivity contribution in [3.8, 4) is 0 Å². The van der Waals surface area contributed by atoms with Gasteiger partial charge in [-0.25, -0.2) is 8.42 Å². The number of ether oxygens (including phenoxy) is 1. The summed E-state index contributed by atoms with van der Waals surface area (Å²) < 4.78 is 29.2. The third-order valence-corrected chi connectivity index (χ3v) is 4.25. The van der Waals surface area contributed by atoms with Gasteiger partial charge in [0.2, 0.25) is 0 Å². The van der Waals surface area contributed by atoms with Crippen LogP contribution in [0, 0.1) is 13.8 Å². The van der Waals surface area contributed by atoms with Gasteiger partial charge in [0.15, 0.2) is 9.84 Å². The molecule has 0 aliphatic carbocycles. The molecule has 0 fully saturated rings. The molecule has 0 atom stereocenters. The topological polar surface area (TPSA) is 69.4 Å². The van der Waals surface area contributed by atoms with Gasteiger partial charge >= 0.3 is 0 Å². The van der Waals surface area contributed by atoms with E-state index in [1.165, 1.54) is 0 Å². The molecule has 1 aromatic rings. The fourth-order valence-corrected chi connectivity index (χ4v) is 2.99. The Hall–Kier alpha value is -0.910. The molecule has 0 saturated carbocycles. The molecule has 2 N–H and O–H groups in total. The number of benzene rings is 1. The number of nitrogens with two attached hydrogens (primary N) is 1. The lowest BCUT2D eigenvalue weighted by Crippen LogP contribution is -2.16. The lowest BCUT2D eigenvalue weighted by Gasteiger charge is -2.09. The van der Waals surface area contributed by atoms with E-state index in [0.29, 0.717) is 18.0 Å². The highest BCUT2D eigenvalue weighted by molar-refractivity contribution is 7.91. The van der Waals surface area contributed by atoms with Crippen molar-refractivity contribution < 1.29 is 13.2 Å². The summed E-state index contributed by atoms with van der Waals surface area (Å²) in [5, 5.41) is 0. The molecule has 0 radical (unpaired) electrons. The van der Waals surface area contributed by atoms with E-state index in [4.69, 9.17) is 10.5 Å². The van der Waals surface area contributed by atoms with Crippen LogP contribution in [0.25, 0.3) is 0 Å². The number of rotatable bonds is 6. The van der Waals surface area contributed by atoms with Crippen molar-refractivity contribution in [3.05, 3.63) is 29.3 Å². The van der Waals surface area contributed by atoms with Crippen LogP contribution in [0.2, 0.25) is 0 Å². The SMILES string of the molecule is Cc1ccc(C)c(S(=O)(=O)CCOCCN)c1. The zero-order valence-electron chi connectivity index (χ0n) is 10.3. The van der Waals surface area contributed by atoms with Gasteiger partial charge in [0.05, 0.1) is 23.9 Å². The van der Waals surface area contributed by atoms with Crippen LogP contribution in [0.1, 0.15) is 11.1 Å². The average molecular weight is 257 g/mol. The van der Waals surface area contributed by atoms with Gasteiger partial charge in [0.1, 0.15) is 0 Å². The van der Waals surface area contributed by atoms with Gasteiger partial charge < -0.3 is 10.5 Å². The molecule has 1 aromatic carbocycles. The maximum atomic E-state index is 12.1. The van der Waals surface area contributed by atoms with E-state index in [9.17, 15) is 8.42 Å². The van der Waals surface area contributed by atoms with Gasteiger partial charge in [0.25, 0.3) is 0 Å².